The second kappa shape index (κ2) is 4.23. The number of hydrogen-bond acceptors (Lipinski definition) is 3. The molecule has 0 fully saturated rings. The normalized spacial score (nSPS) is 10.5. The Balaban J connectivity index is 2.33. The van der Waals surface area contributed by atoms with Crippen LogP contribution >= 0.6 is 0 Å². The number of hydrogen-bond donors (Lipinski definition) is 1. The third-order valence-corrected chi connectivity index (χ3v) is 2.02. The van der Waals surface area contributed by atoms with E-state index in [-0.39, 0.29) is 12.4 Å². The molecule has 78 valence electrons. The molecule has 15 heavy (non-hydrogen) atoms. The van der Waals surface area contributed by atoms with Gasteiger partial charge in [0, 0.05) is 6.42 Å². The van der Waals surface area contributed by atoms with Crippen molar-refractivity contribution in [3.8, 4) is 11.3 Å². The van der Waals surface area contributed by atoms with Crippen LogP contribution in [0.2, 0.25) is 0 Å². The van der Waals surface area contributed by atoms with Gasteiger partial charge in [0.1, 0.15) is 5.82 Å². The zero-order valence-electron chi connectivity index (χ0n) is 7.98. The Morgan fingerprint density at radius 3 is 2.87 bits per heavy atom. The fourth-order valence-electron chi connectivity index (χ4n) is 1.31. The molecule has 0 amide bonds. The van der Waals surface area contributed by atoms with Crippen LogP contribution in [-0.2, 0) is 6.42 Å². The summed E-state index contributed by atoms with van der Waals surface area (Å²) in [5, 5.41) is 8.68. The van der Waals surface area contributed by atoms with Crippen LogP contribution in [0.15, 0.2) is 34.9 Å². The molecule has 0 radical (unpaired) electrons. The lowest BCUT2D eigenvalue weighted by atomic mass is 10.2. The minimum absolute atomic E-state index is 0.0305. The van der Waals surface area contributed by atoms with Crippen molar-refractivity contribution in [2.45, 2.75) is 6.42 Å². The molecule has 0 aliphatic heterocycles. The van der Waals surface area contributed by atoms with E-state index >= 15 is 0 Å². The molecule has 0 unspecified atom stereocenters. The van der Waals surface area contributed by atoms with Crippen LogP contribution in [0, 0.1) is 5.82 Å². The number of halogens is 1. The smallest absolute Gasteiger partial charge is 0.197 e. The molecule has 0 saturated heterocycles. The van der Waals surface area contributed by atoms with Gasteiger partial charge in [-0.3, -0.25) is 0 Å². The summed E-state index contributed by atoms with van der Waals surface area (Å²) < 4.78 is 18.6. The Morgan fingerprint density at radius 1 is 1.33 bits per heavy atom. The highest BCUT2D eigenvalue weighted by atomic mass is 19.1. The van der Waals surface area contributed by atoms with Crippen LogP contribution in [0.3, 0.4) is 0 Å². The van der Waals surface area contributed by atoms with Crippen LogP contribution in [0.1, 0.15) is 5.89 Å². The summed E-state index contributed by atoms with van der Waals surface area (Å²) >= 11 is 0. The van der Waals surface area contributed by atoms with Gasteiger partial charge in [-0.25, -0.2) is 9.37 Å². The van der Waals surface area contributed by atoms with E-state index in [0.29, 0.717) is 23.6 Å². The van der Waals surface area contributed by atoms with Gasteiger partial charge in [-0.2, -0.15) is 0 Å². The summed E-state index contributed by atoms with van der Waals surface area (Å²) in [5.74, 6) is 0.455. The topological polar surface area (TPSA) is 46.3 Å². The molecule has 0 atom stereocenters. The molecule has 2 aromatic rings. The predicted octanol–water partition coefficient (Wildman–Crippen LogP) is 2.02. The van der Waals surface area contributed by atoms with Crippen molar-refractivity contribution in [2.75, 3.05) is 6.61 Å². The van der Waals surface area contributed by atoms with Crippen LogP contribution in [0.25, 0.3) is 11.3 Å². The number of benzene rings is 1. The molecule has 0 aliphatic carbocycles. The second-order valence-electron chi connectivity index (χ2n) is 3.07. The van der Waals surface area contributed by atoms with Gasteiger partial charge in [0.2, 0.25) is 0 Å². The molecule has 0 spiro atoms. The van der Waals surface area contributed by atoms with Gasteiger partial charge < -0.3 is 9.52 Å². The molecule has 1 aromatic heterocycles. The standard InChI is InChI=1S/C11H10FNO2/c12-9-4-2-1-3-8(9)10-7-13-11(15-10)5-6-14/h1-4,7,14H,5-6H2. The van der Waals surface area contributed by atoms with Crippen molar-refractivity contribution in [1.29, 1.82) is 0 Å². The van der Waals surface area contributed by atoms with E-state index in [4.69, 9.17) is 9.52 Å². The van der Waals surface area contributed by atoms with Crippen molar-refractivity contribution in [3.63, 3.8) is 0 Å². The summed E-state index contributed by atoms with van der Waals surface area (Å²) in [4.78, 5) is 3.93. The van der Waals surface area contributed by atoms with Crippen molar-refractivity contribution in [1.82, 2.24) is 4.98 Å². The summed E-state index contributed by atoms with van der Waals surface area (Å²) in [6.07, 6.45) is 1.80. The van der Waals surface area contributed by atoms with E-state index in [1.807, 2.05) is 0 Å². The van der Waals surface area contributed by atoms with E-state index in [1.54, 1.807) is 18.2 Å². The van der Waals surface area contributed by atoms with Gasteiger partial charge in [-0.05, 0) is 12.1 Å². The molecular formula is C11H10FNO2. The van der Waals surface area contributed by atoms with Gasteiger partial charge in [0.05, 0.1) is 18.4 Å². The fraction of sp³-hybridized carbons (Fsp3) is 0.182. The first-order chi connectivity index (χ1) is 7.31. The lowest BCUT2D eigenvalue weighted by Gasteiger charge is -1.96. The van der Waals surface area contributed by atoms with E-state index < -0.39 is 0 Å². The molecule has 0 aliphatic rings. The number of aliphatic hydroxyl groups excluding tert-OH is 1. The number of oxazole rings is 1. The average Bonchev–Trinajstić information content (AvgIpc) is 2.68. The Labute approximate surface area is 86.2 Å². The highest BCUT2D eigenvalue weighted by Gasteiger charge is 2.09. The zero-order valence-corrected chi connectivity index (χ0v) is 7.98. The SMILES string of the molecule is OCCc1ncc(-c2ccccc2F)o1. The van der Waals surface area contributed by atoms with Gasteiger partial charge in [-0.15, -0.1) is 0 Å². The maximum Gasteiger partial charge on any atom is 0.197 e. The Morgan fingerprint density at radius 2 is 2.13 bits per heavy atom. The maximum atomic E-state index is 13.3. The average molecular weight is 207 g/mol. The fourth-order valence-corrected chi connectivity index (χ4v) is 1.31. The molecule has 4 heteroatoms. The van der Waals surface area contributed by atoms with Crippen LogP contribution in [-0.4, -0.2) is 16.7 Å². The van der Waals surface area contributed by atoms with E-state index in [9.17, 15) is 4.39 Å². The van der Waals surface area contributed by atoms with Gasteiger partial charge in [0.25, 0.3) is 0 Å². The first-order valence-corrected chi connectivity index (χ1v) is 4.61. The second-order valence-corrected chi connectivity index (χ2v) is 3.07. The minimum Gasteiger partial charge on any atom is -0.441 e. The molecule has 3 nitrogen and oxygen atoms in total. The molecule has 0 bridgehead atoms. The number of aliphatic hydroxyl groups is 1. The van der Waals surface area contributed by atoms with E-state index in [1.165, 1.54) is 12.3 Å². The summed E-state index contributed by atoms with van der Waals surface area (Å²) in [6, 6.07) is 6.33. The number of nitrogens with zero attached hydrogens (tertiary/aromatic N) is 1. The molecule has 2 rings (SSSR count). The van der Waals surface area contributed by atoms with Crippen LogP contribution < -0.4 is 0 Å². The third kappa shape index (κ3) is 2.05. The van der Waals surface area contributed by atoms with Gasteiger partial charge in [-0.1, -0.05) is 12.1 Å². The highest BCUT2D eigenvalue weighted by Crippen LogP contribution is 2.23. The third-order valence-electron chi connectivity index (χ3n) is 2.02. The zero-order chi connectivity index (χ0) is 10.7. The number of rotatable bonds is 3. The van der Waals surface area contributed by atoms with Crippen molar-refractivity contribution >= 4 is 0 Å². The lowest BCUT2D eigenvalue weighted by molar-refractivity contribution is 0.285. The Kier molecular flexibility index (Phi) is 2.78. The van der Waals surface area contributed by atoms with Crippen LogP contribution in [0.5, 0.6) is 0 Å². The van der Waals surface area contributed by atoms with Crippen molar-refractivity contribution < 1.29 is 13.9 Å². The highest BCUT2D eigenvalue weighted by molar-refractivity contribution is 5.56. The van der Waals surface area contributed by atoms with Crippen molar-refractivity contribution in [3.05, 3.63) is 42.2 Å². The van der Waals surface area contributed by atoms with E-state index in [2.05, 4.69) is 4.98 Å². The molecule has 1 aromatic carbocycles. The first kappa shape index (κ1) is 9.86. The predicted molar refractivity (Wildman–Crippen MR) is 52.7 cm³/mol. The molecule has 1 heterocycles. The van der Waals surface area contributed by atoms with Crippen molar-refractivity contribution in [2.24, 2.45) is 0 Å². The van der Waals surface area contributed by atoms with Gasteiger partial charge >= 0.3 is 0 Å². The molecule has 0 saturated carbocycles. The Bertz CT molecular complexity index is 453. The summed E-state index contributed by atoms with van der Waals surface area (Å²) in [6.45, 7) is -0.0305. The monoisotopic (exact) mass is 207 g/mol. The lowest BCUT2D eigenvalue weighted by Crippen LogP contribution is -1.88. The molecular weight excluding hydrogens is 197 g/mol. The minimum atomic E-state index is -0.343. The van der Waals surface area contributed by atoms with Crippen LogP contribution in [0.4, 0.5) is 4.39 Å². The quantitative estimate of drug-likeness (QED) is 0.837. The van der Waals surface area contributed by atoms with Gasteiger partial charge in [0.15, 0.2) is 11.7 Å². The molecule has 1 N–H and O–H groups in total. The number of aromatic nitrogens is 1. The summed E-state index contributed by atoms with van der Waals surface area (Å²) in [5.41, 5.74) is 0.384. The largest absolute Gasteiger partial charge is 0.441 e. The Hall–Kier alpha value is -1.68. The first-order valence-electron chi connectivity index (χ1n) is 4.61. The summed E-state index contributed by atoms with van der Waals surface area (Å²) in [7, 11) is 0. The van der Waals surface area contributed by atoms with E-state index in [0.717, 1.165) is 0 Å². The maximum absolute atomic E-state index is 13.3.